The lowest BCUT2D eigenvalue weighted by Gasteiger charge is -2.06. The second-order valence-corrected chi connectivity index (χ2v) is 3.64. The molecule has 0 aliphatic heterocycles. The molecule has 18 heavy (non-hydrogen) atoms. The van der Waals surface area contributed by atoms with Gasteiger partial charge in [-0.1, -0.05) is 0 Å². The van der Waals surface area contributed by atoms with Gasteiger partial charge >= 0.3 is 11.9 Å². The standard InChI is InChI=1S/C12H14O6/c13-10(14)2-1-7-18-12(17)9-5-3-8(4-6-9)11(15)16/h3-6,10,13-14H,1-2,7H2,(H,15,16). The number of aliphatic hydroxyl groups excluding tert-OH is 1. The van der Waals surface area contributed by atoms with Crippen LogP contribution in [-0.4, -0.2) is 40.2 Å². The molecule has 1 aromatic rings. The molecule has 6 heteroatoms. The van der Waals surface area contributed by atoms with Crippen molar-refractivity contribution in [1.82, 2.24) is 0 Å². The van der Waals surface area contributed by atoms with Crippen LogP contribution in [0.4, 0.5) is 0 Å². The summed E-state index contributed by atoms with van der Waals surface area (Å²) in [4.78, 5) is 22.1. The molecule has 0 aliphatic carbocycles. The number of benzene rings is 1. The van der Waals surface area contributed by atoms with Crippen molar-refractivity contribution >= 4 is 11.9 Å². The minimum Gasteiger partial charge on any atom is -0.478 e. The first kappa shape index (κ1) is 14.1. The second kappa shape index (κ2) is 6.73. The number of carboxylic acid groups (broad SMARTS) is 1. The molecule has 0 saturated carbocycles. The molecular formula is C12H14O6. The van der Waals surface area contributed by atoms with Crippen molar-refractivity contribution in [2.45, 2.75) is 19.1 Å². The van der Waals surface area contributed by atoms with E-state index in [0.29, 0.717) is 6.42 Å². The Morgan fingerprint density at radius 2 is 1.67 bits per heavy atom. The summed E-state index contributed by atoms with van der Waals surface area (Å²) < 4.78 is 4.87. The Balaban J connectivity index is 2.44. The van der Waals surface area contributed by atoms with Gasteiger partial charge in [0.2, 0.25) is 0 Å². The van der Waals surface area contributed by atoms with E-state index in [0.717, 1.165) is 0 Å². The molecule has 6 nitrogen and oxygen atoms in total. The molecule has 1 rings (SSSR count). The number of carboxylic acids is 1. The number of carbonyl (C=O) groups excluding carboxylic acids is 1. The van der Waals surface area contributed by atoms with Crippen LogP contribution in [0.1, 0.15) is 33.6 Å². The SMILES string of the molecule is O=C(O)c1ccc(C(=O)OCCCC(O)O)cc1. The van der Waals surface area contributed by atoms with E-state index >= 15 is 0 Å². The third-order valence-corrected chi connectivity index (χ3v) is 2.21. The van der Waals surface area contributed by atoms with Gasteiger partial charge in [0.15, 0.2) is 6.29 Å². The number of carbonyl (C=O) groups is 2. The zero-order valence-electron chi connectivity index (χ0n) is 9.57. The number of ether oxygens (including phenoxy) is 1. The van der Waals surface area contributed by atoms with E-state index in [1.807, 2.05) is 0 Å². The lowest BCUT2D eigenvalue weighted by atomic mass is 10.1. The Hall–Kier alpha value is -1.92. The molecule has 0 heterocycles. The van der Waals surface area contributed by atoms with E-state index in [-0.39, 0.29) is 24.2 Å². The van der Waals surface area contributed by atoms with Crippen LogP contribution in [0, 0.1) is 0 Å². The fourth-order valence-electron chi connectivity index (χ4n) is 1.26. The van der Waals surface area contributed by atoms with Crippen molar-refractivity contribution in [3.05, 3.63) is 35.4 Å². The first-order valence-corrected chi connectivity index (χ1v) is 5.37. The van der Waals surface area contributed by atoms with E-state index in [4.69, 9.17) is 20.1 Å². The Morgan fingerprint density at radius 3 is 2.17 bits per heavy atom. The van der Waals surface area contributed by atoms with Gasteiger partial charge < -0.3 is 20.1 Å². The number of hydrogen-bond acceptors (Lipinski definition) is 5. The predicted molar refractivity (Wildman–Crippen MR) is 61.1 cm³/mol. The summed E-state index contributed by atoms with van der Waals surface area (Å²) in [6.07, 6.45) is -0.930. The van der Waals surface area contributed by atoms with E-state index in [2.05, 4.69) is 0 Å². The van der Waals surface area contributed by atoms with Gasteiger partial charge in [0.1, 0.15) is 0 Å². The van der Waals surface area contributed by atoms with Gasteiger partial charge in [0.05, 0.1) is 17.7 Å². The van der Waals surface area contributed by atoms with Crippen molar-refractivity contribution in [3.8, 4) is 0 Å². The summed E-state index contributed by atoms with van der Waals surface area (Å²) >= 11 is 0. The maximum atomic E-state index is 11.5. The molecule has 0 saturated heterocycles. The highest BCUT2D eigenvalue weighted by Crippen LogP contribution is 2.06. The van der Waals surface area contributed by atoms with Gasteiger partial charge in [0, 0.05) is 6.42 Å². The minimum absolute atomic E-state index is 0.0805. The first-order valence-electron chi connectivity index (χ1n) is 5.37. The molecule has 0 atom stereocenters. The summed E-state index contributed by atoms with van der Waals surface area (Å²) in [6.45, 7) is 0.0805. The molecule has 1 aromatic carbocycles. The average Bonchev–Trinajstić information content (AvgIpc) is 2.34. The number of esters is 1. The molecule has 98 valence electrons. The molecule has 0 spiro atoms. The highest BCUT2D eigenvalue weighted by Gasteiger charge is 2.09. The van der Waals surface area contributed by atoms with Crippen molar-refractivity contribution in [1.29, 1.82) is 0 Å². The number of hydrogen-bond donors (Lipinski definition) is 3. The van der Waals surface area contributed by atoms with Gasteiger partial charge in [-0.05, 0) is 30.7 Å². The minimum atomic E-state index is -1.40. The lowest BCUT2D eigenvalue weighted by molar-refractivity contribution is -0.0493. The predicted octanol–water partition coefficient (Wildman–Crippen LogP) is 0.632. The fraction of sp³-hybridized carbons (Fsp3) is 0.333. The van der Waals surface area contributed by atoms with E-state index in [1.54, 1.807) is 0 Å². The average molecular weight is 254 g/mol. The van der Waals surface area contributed by atoms with Crippen LogP contribution in [0.5, 0.6) is 0 Å². The van der Waals surface area contributed by atoms with Crippen LogP contribution >= 0.6 is 0 Å². The number of aliphatic hydroxyl groups is 2. The van der Waals surface area contributed by atoms with Gasteiger partial charge in [-0.3, -0.25) is 0 Å². The smallest absolute Gasteiger partial charge is 0.338 e. The molecule has 0 bridgehead atoms. The molecule has 3 N–H and O–H groups in total. The summed E-state index contributed by atoms with van der Waals surface area (Å²) in [5, 5.41) is 25.8. The normalized spacial score (nSPS) is 10.4. The third kappa shape index (κ3) is 4.52. The number of aromatic carboxylic acids is 1. The zero-order chi connectivity index (χ0) is 13.5. The van der Waals surface area contributed by atoms with Crippen LogP contribution in [0.15, 0.2) is 24.3 Å². The molecule has 0 amide bonds. The Labute approximate surface area is 103 Å². The van der Waals surface area contributed by atoms with Crippen LogP contribution < -0.4 is 0 Å². The van der Waals surface area contributed by atoms with Gasteiger partial charge in [-0.25, -0.2) is 9.59 Å². The van der Waals surface area contributed by atoms with Crippen molar-refractivity contribution in [2.24, 2.45) is 0 Å². The molecule has 0 fully saturated rings. The maximum Gasteiger partial charge on any atom is 0.338 e. The highest BCUT2D eigenvalue weighted by molar-refractivity contribution is 5.92. The lowest BCUT2D eigenvalue weighted by Crippen LogP contribution is -2.10. The second-order valence-electron chi connectivity index (χ2n) is 3.64. The third-order valence-electron chi connectivity index (χ3n) is 2.21. The molecule has 0 aromatic heterocycles. The molecular weight excluding hydrogens is 240 g/mol. The highest BCUT2D eigenvalue weighted by atomic mass is 16.5. The van der Waals surface area contributed by atoms with Gasteiger partial charge in [0.25, 0.3) is 0 Å². The Morgan fingerprint density at radius 1 is 1.11 bits per heavy atom. The van der Waals surface area contributed by atoms with Crippen LogP contribution in [0.2, 0.25) is 0 Å². The molecule has 0 unspecified atom stereocenters. The Bertz CT molecular complexity index is 409. The maximum absolute atomic E-state index is 11.5. The fourth-order valence-corrected chi connectivity index (χ4v) is 1.26. The summed E-state index contributed by atoms with van der Waals surface area (Å²) in [6, 6.07) is 5.37. The zero-order valence-corrected chi connectivity index (χ0v) is 9.57. The first-order chi connectivity index (χ1) is 8.50. The summed E-state index contributed by atoms with van der Waals surface area (Å²) in [5.74, 6) is -1.63. The monoisotopic (exact) mass is 254 g/mol. The topological polar surface area (TPSA) is 104 Å². The molecule has 0 aliphatic rings. The van der Waals surface area contributed by atoms with Crippen LogP contribution in [-0.2, 0) is 4.74 Å². The van der Waals surface area contributed by atoms with E-state index < -0.39 is 18.2 Å². The van der Waals surface area contributed by atoms with Crippen LogP contribution in [0.3, 0.4) is 0 Å². The largest absolute Gasteiger partial charge is 0.478 e. The molecule has 0 radical (unpaired) electrons. The van der Waals surface area contributed by atoms with Gasteiger partial charge in [-0.15, -0.1) is 0 Å². The summed E-state index contributed by atoms with van der Waals surface area (Å²) in [7, 11) is 0. The number of rotatable bonds is 6. The Kier molecular flexibility index (Phi) is 5.29. The van der Waals surface area contributed by atoms with Crippen molar-refractivity contribution < 1.29 is 29.6 Å². The van der Waals surface area contributed by atoms with Crippen molar-refractivity contribution in [3.63, 3.8) is 0 Å². The summed E-state index contributed by atoms with van der Waals surface area (Å²) in [5.41, 5.74) is 0.347. The van der Waals surface area contributed by atoms with Crippen molar-refractivity contribution in [2.75, 3.05) is 6.61 Å². The quantitative estimate of drug-likeness (QED) is 0.391. The van der Waals surface area contributed by atoms with Crippen LogP contribution in [0.25, 0.3) is 0 Å². The van der Waals surface area contributed by atoms with Gasteiger partial charge in [-0.2, -0.15) is 0 Å². The van der Waals surface area contributed by atoms with E-state index in [9.17, 15) is 9.59 Å². The van der Waals surface area contributed by atoms with E-state index in [1.165, 1.54) is 24.3 Å².